The van der Waals surface area contributed by atoms with Crippen LogP contribution in [0.3, 0.4) is 0 Å². The normalized spacial score (nSPS) is 12.5. The van der Waals surface area contributed by atoms with Crippen molar-refractivity contribution in [1.82, 2.24) is 19.9 Å². The van der Waals surface area contributed by atoms with Gasteiger partial charge in [0.2, 0.25) is 0 Å². The van der Waals surface area contributed by atoms with Crippen LogP contribution in [-0.4, -0.2) is 47.8 Å². The standard InChI is InChI=1S/C23H18F3N5O4/c1-11-6-12(17(33)10-32)7-28-19(11)16-4-3-14-20(15(22(34)35)9-29-21(14)30-16)31-18-5-2-13(8-27-18)23(24,25)26/h2-9,17,32-33H,10H2,1H3,(H,34,35)(H,27,29,30,31)/t17-/m0/s1. The minimum atomic E-state index is -4.55. The first-order chi connectivity index (χ1) is 16.6. The number of hydrogen-bond acceptors (Lipinski definition) is 8. The predicted octanol–water partition coefficient (Wildman–Crippen LogP) is 3.88. The molecular weight excluding hydrogens is 467 g/mol. The first kappa shape index (κ1) is 24.0. The van der Waals surface area contributed by atoms with Crippen LogP contribution in [0.5, 0.6) is 0 Å². The molecule has 0 spiro atoms. The highest BCUT2D eigenvalue weighted by Gasteiger charge is 2.30. The summed E-state index contributed by atoms with van der Waals surface area (Å²) in [6, 6.07) is 6.76. The topological polar surface area (TPSA) is 141 Å². The van der Waals surface area contributed by atoms with E-state index in [0.717, 1.165) is 18.3 Å². The molecule has 0 saturated carbocycles. The zero-order valence-electron chi connectivity index (χ0n) is 18.1. The lowest BCUT2D eigenvalue weighted by molar-refractivity contribution is -0.137. The molecule has 0 aliphatic heterocycles. The summed E-state index contributed by atoms with van der Waals surface area (Å²) in [7, 11) is 0. The number of aliphatic hydroxyl groups is 2. The summed E-state index contributed by atoms with van der Waals surface area (Å²) in [6.45, 7) is 1.31. The van der Waals surface area contributed by atoms with Crippen LogP contribution >= 0.6 is 0 Å². The van der Waals surface area contributed by atoms with Crippen LogP contribution in [0.25, 0.3) is 22.4 Å². The van der Waals surface area contributed by atoms with Gasteiger partial charge in [-0.15, -0.1) is 0 Å². The number of alkyl halides is 3. The Hall–Kier alpha value is -4.16. The molecule has 0 aromatic carbocycles. The molecule has 180 valence electrons. The fourth-order valence-corrected chi connectivity index (χ4v) is 3.42. The molecule has 0 aliphatic carbocycles. The molecule has 9 nitrogen and oxygen atoms in total. The highest BCUT2D eigenvalue weighted by atomic mass is 19.4. The van der Waals surface area contributed by atoms with E-state index in [9.17, 15) is 28.2 Å². The maximum atomic E-state index is 12.8. The lowest BCUT2D eigenvalue weighted by Crippen LogP contribution is -2.08. The van der Waals surface area contributed by atoms with E-state index in [0.29, 0.717) is 34.1 Å². The summed E-state index contributed by atoms with van der Waals surface area (Å²) in [5, 5.41) is 31.6. The van der Waals surface area contributed by atoms with Crippen LogP contribution < -0.4 is 5.32 Å². The average Bonchev–Trinajstić information content (AvgIpc) is 2.82. The molecule has 0 aliphatic rings. The smallest absolute Gasteiger partial charge is 0.417 e. The molecule has 4 rings (SSSR count). The minimum absolute atomic E-state index is 0.00705. The van der Waals surface area contributed by atoms with E-state index >= 15 is 0 Å². The van der Waals surface area contributed by atoms with E-state index in [1.165, 1.54) is 6.20 Å². The zero-order valence-corrected chi connectivity index (χ0v) is 18.1. The van der Waals surface area contributed by atoms with E-state index in [2.05, 4.69) is 25.3 Å². The Labute approximate surface area is 196 Å². The number of fused-ring (bicyclic) bond motifs is 1. The first-order valence-corrected chi connectivity index (χ1v) is 10.2. The van der Waals surface area contributed by atoms with E-state index in [1.807, 2.05) is 0 Å². The number of carboxylic acid groups (broad SMARTS) is 1. The van der Waals surface area contributed by atoms with Crippen molar-refractivity contribution in [3.05, 3.63) is 71.2 Å². The van der Waals surface area contributed by atoms with Gasteiger partial charge < -0.3 is 20.6 Å². The second-order valence-corrected chi connectivity index (χ2v) is 7.61. The van der Waals surface area contributed by atoms with E-state index in [4.69, 9.17) is 5.11 Å². The quantitative estimate of drug-likeness (QED) is 0.320. The molecule has 12 heteroatoms. The molecule has 0 fully saturated rings. The Bertz CT molecular complexity index is 1410. The molecule has 4 N–H and O–H groups in total. The fourth-order valence-electron chi connectivity index (χ4n) is 3.42. The number of aryl methyl sites for hydroxylation is 1. The summed E-state index contributed by atoms with van der Waals surface area (Å²) in [5.74, 6) is -1.29. The van der Waals surface area contributed by atoms with Crippen molar-refractivity contribution in [2.24, 2.45) is 0 Å². The monoisotopic (exact) mass is 485 g/mol. The molecular formula is C23H18F3N5O4. The van der Waals surface area contributed by atoms with Crippen molar-refractivity contribution in [1.29, 1.82) is 0 Å². The number of aliphatic hydroxyl groups excluding tert-OH is 2. The second kappa shape index (κ2) is 9.24. The number of pyridine rings is 4. The summed E-state index contributed by atoms with van der Waals surface area (Å²) in [4.78, 5) is 28.4. The summed E-state index contributed by atoms with van der Waals surface area (Å²) in [6.07, 6.45) is -2.46. The van der Waals surface area contributed by atoms with Gasteiger partial charge in [0.1, 0.15) is 17.5 Å². The molecule has 4 aromatic heterocycles. The third kappa shape index (κ3) is 4.88. The van der Waals surface area contributed by atoms with Gasteiger partial charge in [0.15, 0.2) is 5.65 Å². The van der Waals surface area contributed by atoms with Gasteiger partial charge in [-0.3, -0.25) is 4.98 Å². The summed E-state index contributed by atoms with van der Waals surface area (Å²) in [5.41, 5.74) is 1.12. The molecule has 0 unspecified atom stereocenters. The number of aromatic nitrogens is 4. The van der Waals surface area contributed by atoms with Gasteiger partial charge in [0.25, 0.3) is 0 Å². The van der Waals surface area contributed by atoms with E-state index in [-0.39, 0.29) is 22.7 Å². The number of hydrogen-bond donors (Lipinski definition) is 4. The highest BCUT2D eigenvalue weighted by molar-refractivity contribution is 6.04. The van der Waals surface area contributed by atoms with Crippen LogP contribution in [0.2, 0.25) is 0 Å². The third-order valence-corrected chi connectivity index (χ3v) is 5.20. The van der Waals surface area contributed by atoms with Gasteiger partial charge in [-0.25, -0.2) is 19.7 Å². The van der Waals surface area contributed by atoms with Gasteiger partial charge in [-0.1, -0.05) is 0 Å². The van der Waals surface area contributed by atoms with Crippen molar-refractivity contribution in [3.63, 3.8) is 0 Å². The Morgan fingerprint density at radius 3 is 2.46 bits per heavy atom. The lowest BCUT2D eigenvalue weighted by atomic mass is 10.1. The molecule has 0 radical (unpaired) electrons. The second-order valence-electron chi connectivity index (χ2n) is 7.61. The Balaban J connectivity index is 1.76. The Kier molecular flexibility index (Phi) is 6.33. The fraction of sp³-hybridized carbons (Fsp3) is 0.174. The van der Waals surface area contributed by atoms with Gasteiger partial charge >= 0.3 is 12.1 Å². The Morgan fingerprint density at radius 2 is 1.86 bits per heavy atom. The molecule has 1 atom stereocenters. The Morgan fingerprint density at radius 1 is 1.09 bits per heavy atom. The maximum absolute atomic E-state index is 12.8. The molecule has 0 saturated heterocycles. The number of rotatable bonds is 6. The van der Waals surface area contributed by atoms with Gasteiger partial charge in [0.05, 0.1) is 29.2 Å². The summed E-state index contributed by atoms with van der Waals surface area (Å²) < 4.78 is 38.5. The maximum Gasteiger partial charge on any atom is 0.417 e. The van der Waals surface area contributed by atoms with Crippen LogP contribution in [0.1, 0.15) is 33.2 Å². The van der Waals surface area contributed by atoms with Crippen molar-refractivity contribution in [2.75, 3.05) is 11.9 Å². The average molecular weight is 485 g/mol. The number of nitrogens with zero attached hydrogens (tertiary/aromatic N) is 4. The first-order valence-electron chi connectivity index (χ1n) is 10.2. The minimum Gasteiger partial charge on any atom is -0.478 e. The van der Waals surface area contributed by atoms with Crippen LogP contribution in [-0.2, 0) is 6.18 Å². The van der Waals surface area contributed by atoms with Gasteiger partial charge in [0, 0.05) is 29.5 Å². The van der Waals surface area contributed by atoms with Gasteiger partial charge in [-0.05, 0) is 42.8 Å². The van der Waals surface area contributed by atoms with Crippen molar-refractivity contribution in [3.8, 4) is 11.4 Å². The van der Waals surface area contributed by atoms with Crippen molar-refractivity contribution >= 4 is 28.5 Å². The molecule has 4 heterocycles. The van der Waals surface area contributed by atoms with Crippen molar-refractivity contribution < 1.29 is 33.3 Å². The van der Waals surface area contributed by atoms with Crippen LogP contribution in [0.4, 0.5) is 24.7 Å². The van der Waals surface area contributed by atoms with Crippen LogP contribution in [0.15, 0.2) is 48.9 Å². The molecule has 4 aromatic rings. The number of aromatic carboxylic acids is 1. The number of anilines is 2. The molecule has 35 heavy (non-hydrogen) atoms. The largest absolute Gasteiger partial charge is 0.478 e. The van der Waals surface area contributed by atoms with Crippen LogP contribution in [0, 0.1) is 6.92 Å². The molecule has 0 amide bonds. The van der Waals surface area contributed by atoms with E-state index < -0.39 is 30.4 Å². The number of nitrogens with one attached hydrogen (secondary N) is 1. The lowest BCUT2D eigenvalue weighted by Gasteiger charge is -2.14. The SMILES string of the molecule is Cc1cc([C@@H](O)CO)cnc1-c1ccc2c(Nc3ccc(C(F)(F)F)cn3)c(C(=O)O)cnc2n1. The highest BCUT2D eigenvalue weighted by Crippen LogP contribution is 2.32. The number of halogens is 3. The number of carboxylic acids is 1. The zero-order chi connectivity index (χ0) is 25.3. The summed E-state index contributed by atoms with van der Waals surface area (Å²) >= 11 is 0. The van der Waals surface area contributed by atoms with Gasteiger partial charge in [-0.2, -0.15) is 13.2 Å². The van der Waals surface area contributed by atoms with E-state index in [1.54, 1.807) is 25.1 Å². The molecule has 0 bridgehead atoms. The predicted molar refractivity (Wildman–Crippen MR) is 119 cm³/mol. The third-order valence-electron chi connectivity index (χ3n) is 5.20. The number of carbonyl (C=O) groups is 1. The van der Waals surface area contributed by atoms with Crippen molar-refractivity contribution in [2.45, 2.75) is 19.2 Å².